The van der Waals surface area contributed by atoms with Crippen molar-refractivity contribution in [1.82, 2.24) is 24.8 Å². The van der Waals surface area contributed by atoms with E-state index in [2.05, 4.69) is 26.2 Å². The Morgan fingerprint density at radius 1 is 1.05 bits per heavy atom. The lowest BCUT2D eigenvalue weighted by molar-refractivity contribution is 0.0200. The van der Waals surface area contributed by atoms with Gasteiger partial charge in [-0.3, -0.25) is 15.2 Å². The van der Waals surface area contributed by atoms with Crippen LogP contribution in [-0.2, 0) is 25.6 Å². The van der Waals surface area contributed by atoms with Crippen LogP contribution in [-0.4, -0.2) is 119 Å². The van der Waals surface area contributed by atoms with Gasteiger partial charge in [0, 0.05) is 62.9 Å². The van der Waals surface area contributed by atoms with E-state index in [0.29, 0.717) is 55.2 Å². The number of pyridine rings is 1. The number of hydrogen-bond donors (Lipinski definition) is 1. The number of ether oxygens (including phenoxy) is 5. The van der Waals surface area contributed by atoms with E-state index in [1.807, 2.05) is 27.7 Å². The van der Waals surface area contributed by atoms with E-state index >= 15 is 8.78 Å². The number of methoxy groups -OCH3 is 1. The fraction of sp³-hybridized carbons (Fsp3) is 0.571. The van der Waals surface area contributed by atoms with Crippen LogP contribution in [0, 0.1) is 29.9 Å². The van der Waals surface area contributed by atoms with Gasteiger partial charge in [-0.1, -0.05) is 0 Å². The van der Waals surface area contributed by atoms with E-state index in [0.717, 1.165) is 43.5 Å². The van der Waals surface area contributed by atoms with Crippen molar-refractivity contribution in [2.75, 3.05) is 63.3 Å². The number of rotatable bonds is 9. The molecule has 3 atom stereocenters. The van der Waals surface area contributed by atoms with Gasteiger partial charge in [0.25, 0.3) is 0 Å². The molecule has 3 fully saturated rings. The molecule has 322 valence electrons. The first-order chi connectivity index (χ1) is 28.4. The number of likely N-dealkylation sites (tertiary alicyclic amines) is 1. The molecule has 1 N–H and O–H groups in total. The summed E-state index contributed by atoms with van der Waals surface area (Å²) in [4.78, 5) is 46.4. The first-order valence-corrected chi connectivity index (χ1v) is 20.9. The van der Waals surface area contributed by atoms with E-state index in [9.17, 15) is 14.9 Å². The number of piperazine rings is 1. The van der Waals surface area contributed by atoms with Crippen molar-refractivity contribution in [2.45, 2.75) is 104 Å². The molecule has 6 heterocycles. The fourth-order valence-corrected chi connectivity index (χ4v) is 9.31. The molecule has 2 unspecified atom stereocenters. The minimum Gasteiger partial charge on any atom is -0.459 e. The van der Waals surface area contributed by atoms with Gasteiger partial charge in [-0.2, -0.15) is 15.2 Å². The molecular weight excluding hydrogens is 799 g/mol. The summed E-state index contributed by atoms with van der Waals surface area (Å²) in [6, 6.07) is 1.69. The molecule has 2 bridgehead atoms. The molecule has 3 aliphatic rings. The summed E-state index contributed by atoms with van der Waals surface area (Å²) in [5, 5.41) is 13.5. The zero-order valence-corrected chi connectivity index (χ0v) is 36.3. The summed E-state index contributed by atoms with van der Waals surface area (Å²) < 4.78 is 62.3. The summed E-state index contributed by atoms with van der Waals surface area (Å²) in [6.45, 7) is 18.2. The predicted molar refractivity (Wildman–Crippen MR) is 223 cm³/mol. The molecule has 1 aromatic carbocycles. The van der Waals surface area contributed by atoms with Crippen LogP contribution in [0.3, 0.4) is 0 Å². The molecule has 0 radical (unpaired) electrons. The Labute approximate surface area is 351 Å². The highest BCUT2D eigenvalue weighted by Crippen LogP contribution is 2.47. The number of halogens is 2. The molecule has 0 spiro atoms. The van der Waals surface area contributed by atoms with Gasteiger partial charge in [-0.05, 0) is 79.4 Å². The van der Waals surface area contributed by atoms with Crippen LogP contribution < -0.4 is 15.0 Å². The molecule has 4 aromatic rings. The maximum atomic E-state index is 17.9. The van der Waals surface area contributed by atoms with E-state index in [1.165, 1.54) is 7.11 Å². The second kappa shape index (κ2) is 16.8. The molecule has 15 nitrogen and oxygen atoms in total. The molecule has 0 aliphatic carbocycles. The number of fused-ring (bicyclic) bond motifs is 4. The van der Waals surface area contributed by atoms with Crippen molar-refractivity contribution in [2.24, 2.45) is 0 Å². The number of benzene rings is 1. The maximum absolute atomic E-state index is 17.9. The van der Waals surface area contributed by atoms with Crippen molar-refractivity contribution < 1.29 is 42.1 Å². The largest absolute Gasteiger partial charge is 0.459 e. The minimum absolute atomic E-state index is 0.00133. The third-order valence-electron chi connectivity index (χ3n) is 10.7. The van der Waals surface area contributed by atoms with Crippen molar-refractivity contribution >= 4 is 55.3 Å². The Kier molecular flexibility index (Phi) is 12.1. The molecule has 2 amide bonds. The number of nitrogens with one attached hydrogen (secondary N) is 1. The standard InChI is InChI=1S/C42H52F2N8O7S/c1-22(18-50-12-14-56-15-13-50)57-38-47-34-31(36(48-38)52-24-10-11-25(52)20-51(19-24)40(54)59-42(6,7)8)27(21-55-9)23(2)29(32(34)44)33-30-26(16-45)37(49-39(53)58-41(3,4)5)60-35(30)28(43)17-46-33/h17,22,24-25H,10-15,18-21H2,1-9H3,(H,49,53)/t22-,24?,25?/m0/s1. The van der Waals surface area contributed by atoms with Crippen LogP contribution in [0.5, 0.6) is 6.01 Å². The lowest BCUT2D eigenvalue weighted by Gasteiger charge is -2.42. The SMILES string of the molecule is COCc1c(C)c(-c2ncc(F)c3sc(NC(=O)OC(C)(C)C)c(C#N)c23)c(F)c2nc(O[C@@H](C)CN3CCOCC3)nc(N3C4CCC3CN(C(=O)OC(C)(C)C)C4)c12. The first kappa shape index (κ1) is 43.1. The van der Waals surface area contributed by atoms with Gasteiger partial charge in [0.15, 0.2) is 11.6 Å². The van der Waals surface area contributed by atoms with E-state index in [4.69, 9.17) is 33.7 Å². The number of morpholine rings is 1. The van der Waals surface area contributed by atoms with Gasteiger partial charge in [-0.25, -0.2) is 18.4 Å². The summed E-state index contributed by atoms with van der Waals surface area (Å²) in [5.41, 5.74) is -0.746. The quantitative estimate of drug-likeness (QED) is 0.176. The lowest BCUT2D eigenvalue weighted by Crippen LogP contribution is -2.56. The number of thiophene rings is 1. The number of nitrogens with zero attached hydrogens (tertiary/aromatic N) is 7. The highest BCUT2D eigenvalue weighted by atomic mass is 32.1. The molecule has 3 aliphatic heterocycles. The van der Waals surface area contributed by atoms with Gasteiger partial charge in [0.2, 0.25) is 0 Å². The van der Waals surface area contributed by atoms with E-state index < -0.39 is 35.0 Å². The van der Waals surface area contributed by atoms with Crippen LogP contribution in [0.15, 0.2) is 6.20 Å². The van der Waals surface area contributed by atoms with Crippen LogP contribution in [0.1, 0.15) is 78.0 Å². The van der Waals surface area contributed by atoms with Gasteiger partial charge in [0.05, 0.1) is 47.4 Å². The summed E-state index contributed by atoms with van der Waals surface area (Å²) >= 11 is 0.827. The molecule has 3 aromatic heterocycles. The van der Waals surface area contributed by atoms with Gasteiger partial charge in [0.1, 0.15) is 39.7 Å². The number of carbonyl (C=O) groups is 2. The number of anilines is 2. The number of carbonyl (C=O) groups excluding carboxylic acids is 2. The molecule has 0 saturated carbocycles. The van der Waals surface area contributed by atoms with Gasteiger partial charge >= 0.3 is 18.2 Å². The molecule has 18 heteroatoms. The van der Waals surface area contributed by atoms with Crippen LogP contribution >= 0.6 is 11.3 Å². The van der Waals surface area contributed by atoms with Crippen LogP contribution in [0.4, 0.5) is 29.2 Å². The summed E-state index contributed by atoms with van der Waals surface area (Å²) in [7, 11) is 1.53. The fourth-order valence-electron chi connectivity index (χ4n) is 8.27. The maximum Gasteiger partial charge on any atom is 0.412 e. The number of amides is 2. The normalized spacial score (nSPS) is 19.1. The van der Waals surface area contributed by atoms with Crippen molar-refractivity contribution in [3.63, 3.8) is 0 Å². The Bertz CT molecular complexity index is 2340. The highest BCUT2D eigenvalue weighted by Gasteiger charge is 2.45. The Morgan fingerprint density at radius 3 is 2.33 bits per heavy atom. The van der Waals surface area contributed by atoms with Crippen molar-refractivity contribution in [1.29, 1.82) is 5.26 Å². The second-order valence-electron chi connectivity index (χ2n) is 17.5. The lowest BCUT2D eigenvalue weighted by atomic mass is 9.92. The average molecular weight is 851 g/mol. The Balaban J connectivity index is 1.41. The first-order valence-electron chi connectivity index (χ1n) is 20.1. The van der Waals surface area contributed by atoms with Crippen molar-refractivity contribution in [3.8, 4) is 23.3 Å². The molecular formula is C42H52F2N8O7S. The van der Waals surface area contributed by atoms with Crippen LogP contribution in [0.25, 0.3) is 32.2 Å². The third kappa shape index (κ3) is 8.76. The zero-order chi connectivity index (χ0) is 43.3. The summed E-state index contributed by atoms with van der Waals surface area (Å²) in [5.74, 6) is -1.09. The van der Waals surface area contributed by atoms with Crippen molar-refractivity contribution in [3.05, 3.63) is 34.5 Å². The monoisotopic (exact) mass is 850 g/mol. The number of hydrogen-bond acceptors (Lipinski definition) is 14. The molecule has 3 saturated heterocycles. The minimum atomic E-state index is -0.844. The van der Waals surface area contributed by atoms with Gasteiger partial charge < -0.3 is 33.5 Å². The highest BCUT2D eigenvalue weighted by molar-refractivity contribution is 7.23. The summed E-state index contributed by atoms with van der Waals surface area (Å²) in [6.07, 6.45) is 0.859. The Morgan fingerprint density at radius 2 is 1.72 bits per heavy atom. The molecule has 60 heavy (non-hydrogen) atoms. The third-order valence-corrected chi connectivity index (χ3v) is 11.8. The number of nitriles is 1. The van der Waals surface area contributed by atoms with Crippen LogP contribution in [0.2, 0.25) is 0 Å². The smallest absolute Gasteiger partial charge is 0.412 e. The van der Waals surface area contributed by atoms with Gasteiger partial charge in [-0.15, -0.1) is 11.3 Å². The topological polar surface area (TPSA) is 165 Å². The second-order valence-corrected chi connectivity index (χ2v) is 18.5. The van der Waals surface area contributed by atoms with E-state index in [-0.39, 0.29) is 68.2 Å². The predicted octanol–water partition coefficient (Wildman–Crippen LogP) is 7.55. The molecule has 7 rings (SSSR count). The zero-order valence-electron chi connectivity index (χ0n) is 35.5. The average Bonchev–Trinajstić information content (AvgIpc) is 3.65. The Hall–Kier alpha value is -4.96. The van der Waals surface area contributed by atoms with E-state index in [1.54, 1.807) is 32.6 Å². The number of aromatic nitrogens is 3.